The van der Waals surface area contributed by atoms with Gasteiger partial charge in [-0.25, -0.2) is 23.1 Å². The summed E-state index contributed by atoms with van der Waals surface area (Å²) in [6.45, 7) is 5.90. The lowest BCUT2D eigenvalue weighted by molar-refractivity contribution is -0.0457. The van der Waals surface area contributed by atoms with Gasteiger partial charge in [0.15, 0.2) is 5.65 Å². The first kappa shape index (κ1) is 27.0. The van der Waals surface area contributed by atoms with Crippen LogP contribution in [0, 0.1) is 5.92 Å². The molecule has 0 radical (unpaired) electrons. The predicted molar refractivity (Wildman–Crippen MR) is 125 cm³/mol. The van der Waals surface area contributed by atoms with Gasteiger partial charge in [0.05, 0.1) is 18.1 Å². The Labute approximate surface area is 195 Å². The summed E-state index contributed by atoms with van der Waals surface area (Å²) in [6, 6.07) is 1.91. The van der Waals surface area contributed by atoms with Gasteiger partial charge in [-0.15, -0.1) is 0 Å². The van der Waals surface area contributed by atoms with Crippen molar-refractivity contribution in [3.05, 3.63) is 29.7 Å². The van der Waals surface area contributed by atoms with Crippen LogP contribution in [0.4, 0.5) is 13.6 Å². The number of nitrogens with zero attached hydrogens (tertiary/aromatic N) is 3. The van der Waals surface area contributed by atoms with E-state index < -0.39 is 5.92 Å². The van der Waals surface area contributed by atoms with Gasteiger partial charge in [0.1, 0.15) is 5.60 Å². The van der Waals surface area contributed by atoms with Crippen molar-refractivity contribution in [2.24, 2.45) is 11.7 Å². The highest BCUT2D eigenvalue weighted by atomic mass is 19.3. The molecule has 2 fully saturated rings. The number of alkyl halides is 2. The summed E-state index contributed by atoms with van der Waals surface area (Å²) in [5.74, 6) is -2.17. The van der Waals surface area contributed by atoms with Crippen molar-refractivity contribution >= 4 is 11.7 Å². The zero-order valence-electron chi connectivity index (χ0n) is 20.4. The molecule has 0 spiro atoms. The first-order chi connectivity index (χ1) is 15.5. The maximum Gasteiger partial charge on any atom is 0.407 e. The second-order valence-electron chi connectivity index (χ2n) is 9.77. The van der Waals surface area contributed by atoms with Crippen molar-refractivity contribution < 1.29 is 18.3 Å². The molecule has 2 aromatic heterocycles. The Hall–Kier alpha value is -2.29. The second-order valence-corrected chi connectivity index (χ2v) is 9.77. The summed E-state index contributed by atoms with van der Waals surface area (Å²) >= 11 is 0. The zero-order valence-corrected chi connectivity index (χ0v) is 20.4. The van der Waals surface area contributed by atoms with Gasteiger partial charge in [-0.2, -0.15) is 5.10 Å². The van der Waals surface area contributed by atoms with Crippen molar-refractivity contribution in [3.63, 3.8) is 0 Å². The van der Waals surface area contributed by atoms with Crippen LogP contribution in [0.15, 0.2) is 18.5 Å². The summed E-state index contributed by atoms with van der Waals surface area (Å²) in [4.78, 5) is 15.0. The minimum absolute atomic E-state index is 0.000605. The molecule has 1 amide bonds. The van der Waals surface area contributed by atoms with Crippen molar-refractivity contribution in [2.75, 3.05) is 7.05 Å². The van der Waals surface area contributed by atoms with E-state index in [1.807, 2.05) is 33.0 Å². The van der Waals surface area contributed by atoms with Crippen LogP contribution in [0.5, 0.6) is 0 Å². The first-order valence-electron chi connectivity index (χ1n) is 11.8. The van der Waals surface area contributed by atoms with Gasteiger partial charge >= 0.3 is 6.09 Å². The summed E-state index contributed by atoms with van der Waals surface area (Å²) in [7, 11) is 1.54. The van der Waals surface area contributed by atoms with Crippen LogP contribution in [-0.2, 0) is 17.7 Å². The molecule has 9 heteroatoms. The molecule has 0 unspecified atom stereocenters. The predicted octanol–water partition coefficient (Wildman–Crippen LogP) is 5.26. The first-order valence-corrected chi connectivity index (χ1v) is 11.8. The normalized spacial score (nSPS) is 17.7. The number of halogens is 2. The van der Waals surface area contributed by atoms with E-state index in [1.165, 1.54) is 32.7 Å². The highest BCUT2D eigenvalue weighted by Gasteiger charge is 2.35. The van der Waals surface area contributed by atoms with E-state index in [0.717, 1.165) is 23.3 Å². The minimum Gasteiger partial charge on any atom is -0.444 e. The SMILES string of the molecule is C1CCC1.CNC(=O)OC(C)(C)C.NCc1cnn2cc(CC3CCC(F)(F)CC3)nc2c1. The quantitative estimate of drug-likeness (QED) is 0.642. The van der Waals surface area contributed by atoms with Gasteiger partial charge in [-0.3, -0.25) is 0 Å². The van der Waals surface area contributed by atoms with E-state index in [9.17, 15) is 13.6 Å². The number of ether oxygens (including phenoxy) is 1. The molecule has 7 nitrogen and oxygen atoms in total. The van der Waals surface area contributed by atoms with Gasteiger partial charge in [-0.1, -0.05) is 25.7 Å². The van der Waals surface area contributed by atoms with Crippen molar-refractivity contribution in [3.8, 4) is 0 Å². The van der Waals surface area contributed by atoms with Crippen molar-refractivity contribution in [1.82, 2.24) is 19.9 Å². The van der Waals surface area contributed by atoms with E-state index in [0.29, 0.717) is 25.3 Å². The number of carbonyl (C=O) groups excluding carboxylic acids is 1. The highest BCUT2D eigenvalue weighted by molar-refractivity contribution is 5.67. The molecule has 4 rings (SSSR count). The van der Waals surface area contributed by atoms with Gasteiger partial charge in [0.2, 0.25) is 5.92 Å². The van der Waals surface area contributed by atoms with Crippen LogP contribution in [-0.4, -0.2) is 39.3 Å². The lowest BCUT2D eigenvalue weighted by atomic mass is 9.84. The van der Waals surface area contributed by atoms with E-state index in [1.54, 1.807) is 10.7 Å². The number of aromatic nitrogens is 3. The molecule has 0 aliphatic heterocycles. The molecule has 2 aliphatic carbocycles. The zero-order chi connectivity index (χ0) is 24.5. The number of hydrogen-bond donors (Lipinski definition) is 2. The summed E-state index contributed by atoms with van der Waals surface area (Å²) in [5, 5.41) is 6.60. The lowest BCUT2D eigenvalue weighted by Gasteiger charge is -2.27. The maximum absolute atomic E-state index is 13.1. The van der Waals surface area contributed by atoms with E-state index >= 15 is 0 Å². The lowest BCUT2D eigenvalue weighted by Crippen LogP contribution is -2.30. The third-order valence-corrected chi connectivity index (χ3v) is 5.60. The van der Waals surface area contributed by atoms with Crippen molar-refractivity contribution in [2.45, 2.75) is 96.6 Å². The van der Waals surface area contributed by atoms with E-state index in [2.05, 4.69) is 15.4 Å². The van der Waals surface area contributed by atoms with Gasteiger partial charge in [0.25, 0.3) is 0 Å². The third kappa shape index (κ3) is 10.0. The Morgan fingerprint density at radius 1 is 1.24 bits per heavy atom. The standard InChI is InChI=1S/C14H18F2N4.C6H13NO2.C4H8/c15-14(16)3-1-10(2-4-14)5-12-9-20-13(19-12)6-11(7-17)8-18-20;1-6(2,3)9-5(8)7-4;1-2-4-3-1/h6,8-10H,1-5,7,17H2;1-4H3,(H,7,8);1-4H2. The fourth-order valence-electron chi connectivity index (χ4n) is 3.35. The maximum atomic E-state index is 13.1. The van der Waals surface area contributed by atoms with Crippen LogP contribution < -0.4 is 11.1 Å². The summed E-state index contributed by atoms with van der Waals surface area (Å²) < 4.78 is 32.8. The largest absolute Gasteiger partial charge is 0.444 e. The molecule has 3 N–H and O–H groups in total. The molecule has 2 aliphatic rings. The number of nitrogens with two attached hydrogens (primary N) is 1. The molecule has 2 heterocycles. The smallest absolute Gasteiger partial charge is 0.407 e. The molecule has 2 aromatic rings. The number of amides is 1. The number of hydrogen-bond acceptors (Lipinski definition) is 5. The Morgan fingerprint density at radius 3 is 2.30 bits per heavy atom. The number of carbonyl (C=O) groups is 1. The molecular weight excluding hydrogens is 428 g/mol. The Morgan fingerprint density at radius 2 is 1.85 bits per heavy atom. The average Bonchev–Trinajstić information content (AvgIpc) is 3.09. The Bertz CT molecular complexity index is 861. The molecule has 0 atom stereocenters. The highest BCUT2D eigenvalue weighted by Crippen LogP contribution is 2.37. The Balaban J connectivity index is 0.000000245. The molecule has 0 aromatic carbocycles. The topological polar surface area (TPSA) is 94.5 Å². The minimum atomic E-state index is -2.47. The Kier molecular flexibility index (Phi) is 10.0. The monoisotopic (exact) mass is 467 g/mol. The van der Waals surface area contributed by atoms with Gasteiger partial charge in [-0.05, 0) is 57.6 Å². The number of fused-ring (bicyclic) bond motifs is 1. The summed E-state index contributed by atoms with van der Waals surface area (Å²) in [5.41, 5.74) is 7.81. The number of imidazole rings is 1. The summed E-state index contributed by atoms with van der Waals surface area (Å²) in [6.07, 6.45) is 11.1. The number of rotatable bonds is 3. The van der Waals surface area contributed by atoms with E-state index in [4.69, 9.17) is 10.5 Å². The van der Waals surface area contributed by atoms with Gasteiger partial charge < -0.3 is 15.8 Å². The molecular formula is C24H39F2N5O2. The number of nitrogens with one attached hydrogen (secondary N) is 1. The van der Waals surface area contributed by atoms with Crippen LogP contribution in [0.2, 0.25) is 0 Å². The van der Waals surface area contributed by atoms with Crippen LogP contribution in [0.3, 0.4) is 0 Å². The fraction of sp³-hybridized carbons (Fsp3) is 0.708. The molecule has 2 saturated carbocycles. The van der Waals surface area contributed by atoms with E-state index in [-0.39, 0.29) is 24.5 Å². The van der Waals surface area contributed by atoms with Crippen LogP contribution in [0.1, 0.15) is 83.4 Å². The average molecular weight is 468 g/mol. The fourth-order valence-corrected chi connectivity index (χ4v) is 3.35. The molecule has 186 valence electrons. The number of alkyl carbamates (subject to hydrolysis) is 1. The third-order valence-electron chi connectivity index (χ3n) is 5.60. The van der Waals surface area contributed by atoms with Crippen molar-refractivity contribution in [1.29, 1.82) is 0 Å². The molecule has 0 saturated heterocycles. The molecule has 33 heavy (non-hydrogen) atoms. The second kappa shape index (κ2) is 12.3. The molecule has 0 bridgehead atoms. The van der Waals surface area contributed by atoms with Gasteiger partial charge in [0, 0.05) is 26.4 Å². The van der Waals surface area contributed by atoms with Crippen LogP contribution in [0.25, 0.3) is 5.65 Å². The van der Waals surface area contributed by atoms with Crippen LogP contribution >= 0.6 is 0 Å².